The molecule has 0 saturated carbocycles. The highest BCUT2D eigenvalue weighted by atomic mass is 16.3. The Morgan fingerprint density at radius 1 is 1.61 bits per heavy atom. The van der Waals surface area contributed by atoms with Gasteiger partial charge in [0.05, 0.1) is 6.10 Å². The second-order valence-electron chi connectivity index (χ2n) is 5.27. The van der Waals surface area contributed by atoms with Gasteiger partial charge >= 0.3 is 0 Å². The molecular formula is C15H22O3. The minimum Gasteiger partial charge on any atom is -0.389 e. The maximum atomic E-state index is 11.9. The Labute approximate surface area is 109 Å². The summed E-state index contributed by atoms with van der Waals surface area (Å²) in [6.07, 6.45) is 6.01. The largest absolute Gasteiger partial charge is 0.389 e. The average molecular weight is 250 g/mol. The van der Waals surface area contributed by atoms with Crippen LogP contribution in [0.1, 0.15) is 40.0 Å². The van der Waals surface area contributed by atoms with Gasteiger partial charge in [-0.15, -0.1) is 0 Å². The molecule has 0 aliphatic heterocycles. The van der Waals surface area contributed by atoms with Crippen molar-refractivity contribution < 1.29 is 14.7 Å². The summed E-state index contributed by atoms with van der Waals surface area (Å²) in [5.41, 5.74) is 1.49. The van der Waals surface area contributed by atoms with Gasteiger partial charge in [-0.25, -0.2) is 0 Å². The van der Waals surface area contributed by atoms with E-state index in [-0.39, 0.29) is 17.6 Å². The summed E-state index contributed by atoms with van der Waals surface area (Å²) in [5, 5.41) is 9.79. The van der Waals surface area contributed by atoms with Crippen molar-refractivity contribution in [3.63, 3.8) is 0 Å². The van der Waals surface area contributed by atoms with E-state index in [1.165, 1.54) is 0 Å². The molecule has 3 nitrogen and oxygen atoms in total. The molecule has 0 aromatic heterocycles. The first-order valence-corrected chi connectivity index (χ1v) is 6.47. The molecule has 0 fully saturated rings. The van der Waals surface area contributed by atoms with Gasteiger partial charge in [-0.1, -0.05) is 13.0 Å². The summed E-state index contributed by atoms with van der Waals surface area (Å²) in [6.45, 7) is 5.60. The van der Waals surface area contributed by atoms with Crippen LogP contribution in [0.15, 0.2) is 23.3 Å². The van der Waals surface area contributed by atoms with Gasteiger partial charge in [0.1, 0.15) is 6.29 Å². The third-order valence-corrected chi connectivity index (χ3v) is 3.70. The molecule has 3 heteroatoms. The number of allylic oxidation sites excluding steroid dienone is 3. The summed E-state index contributed by atoms with van der Waals surface area (Å²) in [4.78, 5) is 22.3. The second-order valence-corrected chi connectivity index (χ2v) is 5.27. The van der Waals surface area contributed by atoms with E-state index in [2.05, 4.69) is 0 Å². The number of carbonyl (C=O) groups excluding carboxylic acids is 2. The van der Waals surface area contributed by atoms with E-state index in [0.717, 1.165) is 30.3 Å². The Hall–Kier alpha value is -1.22. The molecular weight excluding hydrogens is 228 g/mol. The number of aliphatic hydroxyl groups is 1. The first-order valence-electron chi connectivity index (χ1n) is 6.47. The quantitative estimate of drug-likeness (QED) is 0.602. The molecule has 0 bridgehead atoms. The Bertz CT molecular complexity index is 379. The van der Waals surface area contributed by atoms with E-state index in [0.29, 0.717) is 6.42 Å². The number of ketones is 1. The number of carbonyl (C=O) groups is 2. The second kappa shape index (κ2) is 6.64. The lowest BCUT2D eigenvalue weighted by Gasteiger charge is -2.28. The third kappa shape index (κ3) is 3.91. The highest BCUT2D eigenvalue weighted by molar-refractivity contribution is 5.93. The van der Waals surface area contributed by atoms with Crippen molar-refractivity contribution in [1.29, 1.82) is 0 Å². The molecule has 0 spiro atoms. The van der Waals surface area contributed by atoms with Gasteiger partial charge in [0.25, 0.3) is 0 Å². The molecule has 1 rings (SSSR count). The fourth-order valence-electron chi connectivity index (χ4n) is 2.31. The van der Waals surface area contributed by atoms with Crippen LogP contribution in [0.3, 0.4) is 0 Å². The lowest BCUT2D eigenvalue weighted by atomic mass is 9.78. The van der Waals surface area contributed by atoms with Crippen molar-refractivity contribution in [2.45, 2.75) is 46.1 Å². The van der Waals surface area contributed by atoms with E-state index in [1.54, 1.807) is 19.9 Å². The molecule has 18 heavy (non-hydrogen) atoms. The van der Waals surface area contributed by atoms with Crippen LogP contribution in [-0.4, -0.2) is 23.3 Å². The zero-order valence-corrected chi connectivity index (χ0v) is 11.3. The van der Waals surface area contributed by atoms with Gasteiger partial charge in [-0.2, -0.15) is 0 Å². The first kappa shape index (κ1) is 14.8. The average Bonchev–Trinajstić information content (AvgIpc) is 2.33. The molecule has 0 saturated heterocycles. The minimum absolute atomic E-state index is 0.0892. The van der Waals surface area contributed by atoms with Gasteiger partial charge in [0, 0.05) is 5.92 Å². The molecule has 0 aromatic carbocycles. The summed E-state index contributed by atoms with van der Waals surface area (Å²) in [7, 11) is 0. The van der Waals surface area contributed by atoms with E-state index < -0.39 is 6.10 Å². The van der Waals surface area contributed by atoms with Crippen molar-refractivity contribution in [2.75, 3.05) is 0 Å². The fraction of sp³-hybridized carbons (Fsp3) is 0.600. The van der Waals surface area contributed by atoms with Gasteiger partial charge in [0.2, 0.25) is 0 Å². The molecule has 0 aromatic rings. The number of aliphatic hydroxyl groups excluding tert-OH is 1. The first-order chi connectivity index (χ1) is 8.45. The van der Waals surface area contributed by atoms with Gasteiger partial charge in [-0.3, -0.25) is 9.59 Å². The molecule has 3 atom stereocenters. The van der Waals surface area contributed by atoms with Crippen LogP contribution in [0.5, 0.6) is 0 Å². The molecule has 0 heterocycles. The van der Waals surface area contributed by atoms with E-state index in [4.69, 9.17) is 0 Å². The van der Waals surface area contributed by atoms with Crippen LogP contribution in [0.4, 0.5) is 0 Å². The minimum atomic E-state index is -0.484. The zero-order valence-electron chi connectivity index (χ0n) is 11.3. The Kier molecular flexibility index (Phi) is 5.48. The van der Waals surface area contributed by atoms with E-state index >= 15 is 0 Å². The maximum Gasteiger partial charge on any atom is 0.159 e. The lowest BCUT2D eigenvalue weighted by molar-refractivity contribution is -0.121. The van der Waals surface area contributed by atoms with Crippen LogP contribution in [0, 0.1) is 11.8 Å². The summed E-state index contributed by atoms with van der Waals surface area (Å²) in [5.74, 6) is 0.266. The van der Waals surface area contributed by atoms with Crippen LogP contribution in [0.2, 0.25) is 0 Å². The molecule has 1 N–H and O–H groups in total. The predicted octanol–water partition coefficient (Wildman–Crippen LogP) is 2.44. The monoisotopic (exact) mass is 250 g/mol. The van der Waals surface area contributed by atoms with Crippen molar-refractivity contribution in [2.24, 2.45) is 11.8 Å². The highest BCUT2D eigenvalue weighted by Crippen LogP contribution is 2.29. The van der Waals surface area contributed by atoms with Gasteiger partial charge < -0.3 is 5.11 Å². The van der Waals surface area contributed by atoms with Crippen LogP contribution < -0.4 is 0 Å². The molecule has 1 aliphatic rings. The topological polar surface area (TPSA) is 54.4 Å². The Morgan fingerprint density at radius 2 is 2.28 bits per heavy atom. The van der Waals surface area contributed by atoms with Crippen molar-refractivity contribution in [1.82, 2.24) is 0 Å². The van der Waals surface area contributed by atoms with Crippen molar-refractivity contribution in [3.8, 4) is 0 Å². The standard InChI is InChI=1S/C15H22O3/c1-10(9-16)5-4-6-11(2)13-8-14(17)12(3)7-15(13)18/h5,7,9,11,13-14,17H,4,6,8H2,1-3H3/b10-5+. The molecule has 0 radical (unpaired) electrons. The highest BCUT2D eigenvalue weighted by Gasteiger charge is 2.30. The smallest absolute Gasteiger partial charge is 0.159 e. The number of hydrogen-bond donors (Lipinski definition) is 1. The SMILES string of the molecule is CC1=CC(=O)C(C(C)CC/C=C(\C)C=O)CC1O. The van der Waals surface area contributed by atoms with Crippen LogP contribution in [-0.2, 0) is 9.59 Å². The number of hydrogen-bond acceptors (Lipinski definition) is 3. The number of rotatable bonds is 5. The van der Waals surface area contributed by atoms with Crippen LogP contribution in [0.25, 0.3) is 0 Å². The zero-order chi connectivity index (χ0) is 13.7. The molecule has 1 aliphatic carbocycles. The summed E-state index contributed by atoms with van der Waals surface area (Å²) >= 11 is 0. The maximum absolute atomic E-state index is 11.9. The van der Waals surface area contributed by atoms with Crippen molar-refractivity contribution >= 4 is 12.1 Å². The third-order valence-electron chi connectivity index (χ3n) is 3.70. The Morgan fingerprint density at radius 3 is 2.89 bits per heavy atom. The molecule has 3 unspecified atom stereocenters. The van der Waals surface area contributed by atoms with Gasteiger partial charge in [-0.05, 0) is 56.3 Å². The van der Waals surface area contributed by atoms with Crippen LogP contribution >= 0.6 is 0 Å². The van der Waals surface area contributed by atoms with Gasteiger partial charge in [0.15, 0.2) is 5.78 Å². The molecule has 100 valence electrons. The number of aldehydes is 1. The molecule has 0 amide bonds. The van der Waals surface area contributed by atoms with Crippen molar-refractivity contribution in [3.05, 3.63) is 23.3 Å². The Balaban J connectivity index is 2.55. The van der Waals surface area contributed by atoms with E-state index in [1.807, 2.05) is 13.0 Å². The lowest BCUT2D eigenvalue weighted by Crippen LogP contribution is -2.30. The predicted molar refractivity (Wildman–Crippen MR) is 71.1 cm³/mol. The fourth-order valence-corrected chi connectivity index (χ4v) is 2.31. The van der Waals surface area contributed by atoms with E-state index in [9.17, 15) is 14.7 Å². The summed E-state index contributed by atoms with van der Waals surface area (Å²) in [6, 6.07) is 0. The normalized spacial score (nSPS) is 26.8. The summed E-state index contributed by atoms with van der Waals surface area (Å²) < 4.78 is 0.